The Hall–Kier alpha value is -4.20. The number of aromatic nitrogens is 4. The Kier molecular flexibility index (Phi) is 8.74. The molecule has 2 aromatic carbocycles. The number of thiophene rings is 1. The first-order valence-electron chi connectivity index (χ1n) is 16.8. The van der Waals surface area contributed by atoms with Crippen LogP contribution in [-0.2, 0) is 6.54 Å². The number of rotatable bonds is 6. The number of fused-ring (bicyclic) bond motifs is 4. The van der Waals surface area contributed by atoms with Crippen molar-refractivity contribution < 1.29 is 22.7 Å². The second kappa shape index (κ2) is 13.0. The quantitative estimate of drug-likeness (QED) is 0.199. The molecule has 2 fully saturated rings. The van der Waals surface area contributed by atoms with Crippen LogP contribution in [-0.4, -0.2) is 87.5 Å². The highest BCUT2D eigenvalue weighted by atomic mass is 35.5. The number of nitrogens with two attached hydrogens (primary N) is 1. The molecule has 6 heterocycles. The van der Waals surface area contributed by atoms with Crippen molar-refractivity contribution in [1.82, 2.24) is 34.9 Å². The molecule has 1 unspecified atom stereocenters. The molecule has 17 heteroatoms. The highest BCUT2D eigenvalue weighted by Gasteiger charge is 2.49. The molecule has 2 saturated heterocycles. The van der Waals surface area contributed by atoms with Crippen LogP contribution in [0.3, 0.4) is 0 Å². The van der Waals surface area contributed by atoms with Crippen molar-refractivity contribution in [1.29, 1.82) is 5.26 Å². The van der Waals surface area contributed by atoms with Gasteiger partial charge in [-0.05, 0) is 50.0 Å². The minimum absolute atomic E-state index is 0.00852. The van der Waals surface area contributed by atoms with Gasteiger partial charge in [0.25, 0.3) is 5.91 Å². The summed E-state index contributed by atoms with van der Waals surface area (Å²) in [7, 11) is 3.20. The number of anilines is 1. The van der Waals surface area contributed by atoms with Gasteiger partial charge < -0.3 is 20.7 Å². The van der Waals surface area contributed by atoms with Gasteiger partial charge in [-0.1, -0.05) is 29.3 Å². The van der Waals surface area contributed by atoms with E-state index in [0.717, 1.165) is 30.7 Å². The molecular weight excluding hydrogens is 738 g/mol. The Labute approximate surface area is 310 Å². The normalized spacial score (nSPS) is 21.7. The van der Waals surface area contributed by atoms with Gasteiger partial charge in [-0.15, -0.1) is 11.3 Å². The summed E-state index contributed by atoms with van der Waals surface area (Å²) in [4.78, 5) is 25.9. The fourth-order valence-corrected chi connectivity index (χ4v) is 9.50. The standard InChI is InChI=1S/C35H32Cl2F3N9O2S/c1-47(2)33(50)28-24(37)30-29(43-8-4-10-49(30)46-28)27-18-11-20(36)23(17-5-6-21(39)31-22(17)19(13-41)32(42)52-31)25(40)26(18)44-34(45-27)51-15-35-7-3-9-48(35)14-16(38)12-35/h5-6,11,16,29,43H,3-4,7-10,12,14-15,42H2,1-2H3/t16-,29?,35+/m1/s1. The maximum atomic E-state index is 17.3. The molecular formula is C35H32Cl2F3N9O2S. The van der Waals surface area contributed by atoms with E-state index in [1.54, 1.807) is 18.8 Å². The summed E-state index contributed by atoms with van der Waals surface area (Å²) in [6.45, 7) is 2.08. The molecule has 3 N–H and O–H groups in total. The minimum Gasteiger partial charge on any atom is -0.461 e. The summed E-state index contributed by atoms with van der Waals surface area (Å²) in [6.07, 6.45) is 1.57. The summed E-state index contributed by atoms with van der Waals surface area (Å²) in [5.41, 5.74) is 6.21. The van der Waals surface area contributed by atoms with E-state index in [1.807, 2.05) is 6.07 Å². The molecule has 0 spiro atoms. The topological polar surface area (TPSA) is 138 Å². The molecule has 3 aromatic heterocycles. The Morgan fingerprint density at radius 2 is 2.06 bits per heavy atom. The molecule has 0 bridgehead atoms. The lowest BCUT2D eigenvalue weighted by atomic mass is 9.95. The van der Waals surface area contributed by atoms with Gasteiger partial charge in [0.1, 0.15) is 35.2 Å². The summed E-state index contributed by atoms with van der Waals surface area (Å²) < 4.78 is 54.9. The minimum atomic E-state index is -0.993. The van der Waals surface area contributed by atoms with Gasteiger partial charge in [0.2, 0.25) is 0 Å². The van der Waals surface area contributed by atoms with E-state index in [0.29, 0.717) is 38.2 Å². The number of hydrogen-bond donors (Lipinski definition) is 2. The first-order chi connectivity index (χ1) is 24.9. The number of amides is 1. The SMILES string of the molecule is CN(C)C(=O)c1nn2c(c1Cl)C(c1nc(OC[C@@]34CCCN3C[C@H](F)C4)nc3c(F)c(-c4ccc(F)c5sc(N)c(C#N)c45)c(Cl)cc13)NCCC2. The Morgan fingerprint density at radius 3 is 2.83 bits per heavy atom. The number of carbonyl (C=O) groups excluding carboxylic acids is 1. The maximum Gasteiger partial charge on any atom is 0.317 e. The predicted octanol–water partition coefficient (Wildman–Crippen LogP) is 6.49. The van der Waals surface area contributed by atoms with Gasteiger partial charge in [-0.25, -0.2) is 13.2 Å². The van der Waals surface area contributed by atoms with Gasteiger partial charge in [0, 0.05) is 49.9 Å². The van der Waals surface area contributed by atoms with E-state index < -0.39 is 29.4 Å². The van der Waals surface area contributed by atoms with Gasteiger partial charge in [-0.3, -0.25) is 14.4 Å². The molecule has 270 valence electrons. The molecule has 0 saturated carbocycles. The molecule has 1 amide bonds. The third kappa shape index (κ3) is 5.46. The van der Waals surface area contributed by atoms with Crippen LogP contribution in [0.1, 0.15) is 59.2 Å². The van der Waals surface area contributed by atoms with Crippen LogP contribution in [0.25, 0.3) is 32.1 Å². The number of halogens is 5. The van der Waals surface area contributed by atoms with Crippen molar-refractivity contribution in [2.24, 2.45) is 0 Å². The van der Waals surface area contributed by atoms with Crippen molar-refractivity contribution >= 4 is 66.4 Å². The smallest absolute Gasteiger partial charge is 0.317 e. The largest absolute Gasteiger partial charge is 0.461 e. The van der Waals surface area contributed by atoms with E-state index in [2.05, 4.69) is 20.3 Å². The van der Waals surface area contributed by atoms with Crippen LogP contribution in [0, 0.1) is 23.0 Å². The van der Waals surface area contributed by atoms with Crippen LogP contribution in [0.4, 0.5) is 18.2 Å². The lowest BCUT2D eigenvalue weighted by molar-refractivity contribution is 0.0821. The van der Waals surface area contributed by atoms with Crippen molar-refractivity contribution in [2.45, 2.75) is 50.0 Å². The predicted molar refractivity (Wildman–Crippen MR) is 193 cm³/mol. The average Bonchev–Trinajstić information content (AvgIpc) is 3.79. The Morgan fingerprint density at radius 1 is 1.25 bits per heavy atom. The fraction of sp³-hybridized carbons (Fsp3) is 0.400. The molecule has 8 rings (SSSR count). The number of nitrogens with one attached hydrogen (secondary N) is 1. The van der Waals surface area contributed by atoms with E-state index in [4.69, 9.17) is 38.7 Å². The van der Waals surface area contributed by atoms with Crippen LogP contribution in [0.15, 0.2) is 18.2 Å². The molecule has 52 heavy (non-hydrogen) atoms. The van der Waals surface area contributed by atoms with Gasteiger partial charge in [0.15, 0.2) is 11.5 Å². The van der Waals surface area contributed by atoms with Gasteiger partial charge >= 0.3 is 6.01 Å². The summed E-state index contributed by atoms with van der Waals surface area (Å²) in [5, 5.41) is 18.4. The number of aryl methyl sites for hydroxylation is 1. The number of benzene rings is 2. The second-order valence-electron chi connectivity index (χ2n) is 13.7. The van der Waals surface area contributed by atoms with Gasteiger partial charge in [-0.2, -0.15) is 20.3 Å². The van der Waals surface area contributed by atoms with Crippen molar-refractivity contribution in [3.05, 3.63) is 62.5 Å². The number of alkyl halides is 1. The van der Waals surface area contributed by atoms with Crippen molar-refractivity contribution in [3.8, 4) is 23.2 Å². The lowest BCUT2D eigenvalue weighted by Gasteiger charge is -2.31. The van der Waals surface area contributed by atoms with Crippen molar-refractivity contribution in [3.63, 3.8) is 0 Å². The van der Waals surface area contributed by atoms with E-state index >= 15 is 4.39 Å². The number of nitrogens with zero attached hydrogens (tertiary/aromatic N) is 7. The number of ether oxygens (including phenoxy) is 1. The monoisotopic (exact) mass is 769 g/mol. The molecule has 3 atom stereocenters. The molecule has 5 aromatic rings. The summed E-state index contributed by atoms with van der Waals surface area (Å²) in [5.74, 6) is -1.86. The third-order valence-corrected chi connectivity index (χ3v) is 12.0. The van der Waals surface area contributed by atoms with Crippen LogP contribution >= 0.6 is 34.5 Å². The molecule has 0 radical (unpaired) electrons. The summed E-state index contributed by atoms with van der Waals surface area (Å²) >= 11 is 14.7. The van der Waals surface area contributed by atoms with E-state index in [1.165, 1.54) is 23.1 Å². The zero-order chi connectivity index (χ0) is 36.6. The lowest BCUT2D eigenvalue weighted by Crippen LogP contribution is -2.43. The van der Waals surface area contributed by atoms with Crippen LogP contribution < -0.4 is 15.8 Å². The highest BCUT2D eigenvalue weighted by molar-refractivity contribution is 7.23. The maximum absolute atomic E-state index is 17.3. The van der Waals surface area contributed by atoms with Crippen LogP contribution in [0.2, 0.25) is 10.0 Å². The average molecular weight is 771 g/mol. The molecule has 0 aliphatic carbocycles. The van der Waals surface area contributed by atoms with Crippen molar-refractivity contribution in [2.75, 3.05) is 46.1 Å². The molecule has 11 nitrogen and oxygen atoms in total. The molecule has 3 aliphatic heterocycles. The zero-order valence-electron chi connectivity index (χ0n) is 28.1. The Bertz CT molecular complexity index is 2340. The van der Waals surface area contributed by atoms with Crippen LogP contribution in [0.5, 0.6) is 6.01 Å². The third-order valence-electron chi connectivity index (χ3n) is 10.3. The Balaban J connectivity index is 1.35. The number of carbonyl (C=O) groups is 1. The van der Waals surface area contributed by atoms with E-state index in [9.17, 15) is 18.8 Å². The number of nitrogen functional groups attached to an aromatic ring is 1. The second-order valence-corrected chi connectivity index (χ2v) is 15.5. The van der Waals surface area contributed by atoms with E-state index in [-0.39, 0.29) is 82.6 Å². The first-order valence-corrected chi connectivity index (χ1v) is 18.3. The fourth-order valence-electron chi connectivity index (χ4n) is 7.93. The highest BCUT2D eigenvalue weighted by Crippen LogP contribution is 2.46. The number of hydrogen-bond acceptors (Lipinski definition) is 10. The zero-order valence-corrected chi connectivity index (χ0v) is 30.4. The first kappa shape index (κ1) is 34.9. The summed E-state index contributed by atoms with van der Waals surface area (Å²) in [6, 6.07) is 5.09. The number of nitriles is 1. The van der Waals surface area contributed by atoms with Gasteiger partial charge in [0.05, 0.1) is 43.3 Å². The molecule has 3 aliphatic rings.